The monoisotopic (exact) mass is 215 g/mol. The molecule has 0 radical (unpaired) electrons. The minimum Gasteiger partial charge on any atom is -0.391 e. The molecular formula is C11H21NOS. The molecule has 14 heavy (non-hydrogen) atoms. The van der Waals surface area contributed by atoms with Gasteiger partial charge in [-0.05, 0) is 31.4 Å². The van der Waals surface area contributed by atoms with Gasteiger partial charge in [-0.3, -0.25) is 0 Å². The van der Waals surface area contributed by atoms with E-state index in [9.17, 15) is 5.11 Å². The van der Waals surface area contributed by atoms with Gasteiger partial charge in [-0.15, -0.1) is 0 Å². The third-order valence-corrected chi connectivity index (χ3v) is 4.78. The molecule has 3 atom stereocenters. The van der Waals surface area contributed by atoms with Gasteiger partial charge in [0, 0.05) is 17.8 Å². The van der Waals surface area contributed by atoms with Gasteiger partial charge in [-0.1, -0.05) is 12.8 Å². The maximum Gasteiger partial charge on any atom is 0.0721 e. The van der Waals surface area contributed by atoms with Crippen LogP contribution in [0.25, 0.3) is 0 Å². The lowest BCUT2D eigenvalue weighted by Gasteiger charge is -2.24. The van der Waals surface area contributed by atoms with E-state index in [1.54, 1.807) is 0 Å². The lowest BCUT2D eigenvalue weighted by atomic mass is 9.94. The highest BCUT2D eigenvalue weighted by Crippen LogP contribution is 2.32. The number of hydrogen-bond donors (Lipinski definition) is 2. The van der Waals surface area contributed by atoms with E-state index in [0.29, 0.717) is 12.0 Å². The van der Waals surface area contributed by atoms with Crippen molar-refractivity contribution in [3.8, 4) is 0 Å². The van der Waals surface area contributed by atoms with Crippen molar-refractivity contribution in [3.63, 3.8) is 0 Å². The summed E-state index contributed by atoms with van der Waals surface area (Å²) < 4.78 is 0. The fourth-order valence-electron chi connectivity index (χ4n) is 2.80. The first-order valence-electron chi connectivity index (χ1n) is 5.75. The van der Waals surface area contributed by atoms with Gasteiger partial charge in [-0.2, -0.15) is 11.8 Å². The summed E-state index contributed by atoms with van der Waals surface area (Å²) in [4.78, 5) is 0. The van der Waals surface area contributed by atoms with Crippen molar-refractivity contribution in [2.45, 2.75) is 49.5 Å². The summed E-state index contributed by atoms with van der Waals surface area (Å²) in [5, 5.41) is 14.4. The number of aliphatic hydroxyl groups excluding tert-OH is 1. The normalized spacial score (nSPS) is 36.4. The fraction of sp³-hybridized carbons (Fsp3) is 1.00. The summed E-state index contributed by atoms with van der Waals surface area (Å²) in [5.41, 5.74) is 0. The second-order valence-corrected chi connectivity index (χ2v) is 5.78. The summed E-state index contributed by atoms with van der Waals surface area (Å²) in [6.45, 7) is 1.08. The van der Waals surface area contributed by atoms with Gasteiger partial charge < -0.3 is 10.4 Å². The summed E-state index contributed by atoms with van der Waals surface area (Å²) >= 11 is 1.92. The maximum absolute atomic E-state index is 10.2. The smallest absolute Gasteiger partial charge is 0.0721 e. The molecule has 1 saturated heterocycles. The van der Waals surface area contributed by atoms with E-state index in [1.807, 2.05) is 11.8 Å². The molecule has 1 heterocycles. The molecule has 0 aromatic carbocycles. The second-order valence-electron chi connectivity index (χ2n) is 4.64. The molecule has 82 valence electrons. The maximum atomic E-state index is 10.2. The zero-order valence-corrected chi connectivity index (χ0v) is 9.72. The Bertz CT molecular complexity index is 182. The zero-order chi connectivity index (χ0) is 9.97. The molecule has 2 aliphatic rings. The van der Waals surface area contributed by atoms with Crippen LogP contribution in [0.5, 0.6) is 0 Å². The van der Waals surface area contributed by atoms with Gasteiger partial charge >= 0.3 is 0 Å². The minimum absolute atomic E-state index is 0.0883. The van der Waals surface area contributed by atoms with Gasteiger partial charge in [-0.25, -0.2) is 0 Å². The van der Waals surface area contributed by atoms with Gasteiger partial charge in [0.1, 0.15) is 0 Å². The van der Waals surface area contributed by atoms with Crippen molar-refractivity contribution in [3.05, 3.63) is 0 Å². The molecule has 0 unspecified atom stereocenters. The van der Waals surface area contributed by atoms with E-state index < -0.39 is 0 Å². The zero-order valence-electron chi connectivity index (χ0n) is 8.91. The van der Waals surface area contributed by atoms with E-state index in [-0.39, 0.29) is 6.10 Å². The number of nitrogens with one attached hydrogen (secondary N) is 1. The molecular weight excluding hydrogens is 194 g/mol. The van der Waals surface area contributed by atoms with Crippen LogP contribution in [0.1, 0.15) is 32.1 Å². The van der Waals surface area contributed by atoms with Crippen molar-refractivity contribution in [2.24, 2.45) is 5.92 Å². The SMILES string of the molecule is CS[C@@H]1CN[C@H]([C@H](O)C2CCCC2)C1. The first-order valence-corrected chi connectivity index (χ1v) is 7.04. The lowest BCUT2D eigenvalue weighted by Crippen LogP contribution is -2.39. The molecule has 1 aliphatic carbocycles. The molecule has 0 aromatic heterocycles. The third kappa shape index (κ3) is 2.26. The average Bonchev–Trinajstić information content (AvgIpc) is 2.88. The van der Waals surface area contributed by atoms with Crippen molar-refractivity contribution >= 4 is 11.8 Å². The number of thioether (sulfide) groups is 1. The van der Waals surface area contributed by atoms with Crippen LogP contribution in [0.3, 0.4) is 0 Å². The van der Waals surface area contributed by atoms with E-state index in [1.165, 1.54) is 25.7 Å². The third-order valence-electron chi connectivity index (χ3n) is 3.75. The minimum atomic E-state index is -0.0883. The Kier molecular flexibility index (Phi) is 3.74. The van der Waals surface area contributed by atoms with Crippen LogP contribution in [-0.2, 0) is 0 Å². The molecule has 0 amide bonds. The van der Waals surface area contributed by atoms with Crippen molar-refractivity contribution in [1.82, 2.24) is 5.32 Å². The van der Waals surface area contributed by atoms with Crippen molar-refractivity contribution in [2.75, 3.05) is 12.8 Å². The highest BCUT2D eigenvalue weighted by Gasteiger charge is 2.34. The van der Waals surface area contributed by atoms with Crippen LogP contribution in [0.4, 0.5) is 0 Å². The van der Waals surface area contributed by atoms with Gasteiger partial charge in [0.2, 0.25) is 0 Å². The summed E-state index contributed by atoms with van der Waals surface area (Å²) in [6.07, 6.45) is 8.35. The van der Waals surface area contributed by atoms with Gasteiger partial charge in [0.05, 0.1) is 6.10 Å². The number of rotatable bonds is 3. The molecule has 2 N–H and O–H groups in total. The highest BCUT2D eigenvalue weighted by molar-refractivity contribution is 7.99. The largest absolute Gasteiger partial charge is 0.391 e. The predicted octanol–water partition coefficient (Wildman–Crippen LogP) is 1.63. The summed E-state index contributed by atoms with van der Waals surface area (Å²) in [7, 11) is 0. The standard InChI is InChI=1S/C11H21NOS/c1-14-9-6-10(12-7-9)11(13)8-4-2-3-5-8/h8-13H,2-7H2,1H3/t9-,10-,11+/m0/s1. The molecule has 2 nitrogen and oxygen atoms in total. The van der Waals surface area contributed by atoms with E-state index in [4.69, 9.17) is 0 Å². The Morgan fingerprint density at radius 1 is 1.36 bits per heavy atom. The van der Waals surface area contributed by atoms with Crippen LogP contribution in [0, 0.1) is 5.92 Å². The highest BCUT2D eigenvalue weighted by atomic mass is 32.2. The molecule has 0 aromatic rings. The molecule has 0 spiro atoms. The van der Waals surface area contributed by atoms with Crippen LogP contribution < -0.4 is 5.32 Å². The predicted molar refractivity (Wildman–Crippen MR) is 61.7 cm³/mol. The Balaban J connectivity index is 1.83. The molecule has 2 fully saturated rings. The second kappa shape index (κ2) is 4.86. The number of hydrogen-bond acceptors (Lipinski definition) is 3. The van der Waals surface area contributed by atoms with Crippen molar-refractivity contribution < 1.29 is 5.11 Å². The molecule has 1 aliphatic heterocycles. The van der Waals surface area contributed by atoms with Crippen LogP contribution in [-0.4, -0.2) is 35.3 Å². The van der Waals surface area contributed by atoms with Crippen LogP contribution in [0.2, 0.25) is 0 Å². The first-order chi connectivity index (χ1) is 6.81. The molecule has 3 heteroatoms. The summed E-state index contributed by atoms with van der Waals surface area (Å²) in [5.74, 6) is 0.577. The fourth-order valence-corrected chi connectivity index (χ4v) is 3.46. The quantitative estimate of drug-likeness (QED) is 0.750. The van der Waals surface area contributed by atoms with E-state index in [2.05, 4.69) is 11.6 Å². The van der Waals surface area contributed by atoms with Gasteiger partial charge in [0.25, 0.3) is 0 Å². The lowest BCUT2D eigenvalue weighted by molar-refractivity contribution is 0.0778. The molecule has 2 rings (SSSR count). The number of aliphatic hydroxyl groups is 1. The first kappa shape index (κ1) is 10.8. The molecule has 1 saturated carbocycles. The van der Waals surface area contributed by atoms with Crippen molar-refractivity contribution in [1.29, 1.82) is 0 Å². The van der Waals surface area contributed by atoms with Crippen LogP contribution in [0.15, 0.2) is 0 Å². The van der Waals surface area contributed by atoms with E-state index in [0.717, 1.165) is 18.2 Å². The Morgan fingerprint density at radius 3 is 2.64 bits per heavy atom. The summed E-state index contributed by atoms with van der Waals surface area (Å²) in [6, 6.07) is 0.371. The molecule has 0 bridgehead atoms. The van der Waals surface area contributed by atoms with Crippen LogP contribution >= 0.6 is 11.8 Å². The Hall–Kier alpha value is 0.270. The Labute approximate surface area is 90.8 Å². The topological polar surface area (TPSA) is 32.3 Å². The average molecular weight is 215 g/mol. The van der Waals surface area contributed by atoms with E-state index >= 15 is 0 Å². The van der Waals surface area contributed by atoms with Gasteiger partial charge in [0.15, 0.2) is 0 Å². The Morgan fingerprint density at radius 2 is 2.07 bits per heavy atom.